The normalized spacial score (nSPS) is 11.5. The fourth-order valence-electron chi connectivity index (χ4n) is 1.84. The molecule has 9 heteroatoms. The van der Waals surface area contributed by atoms with Gasteiger partial charge in [-0.15, -0.1) is 0 Å². The number of hydrazine groups is 1. The first-order valence-corrected chi connectivity index (χ1v) is 6.61. The Bertz CT molecular complexity index is 577. The number of anilines is 2. The van der Waals surface area contributed by atoms with Gasteiger partial charge in [0.05, 0.1) is 5.60 Å². The Balaban J connectivity index is 2.40. The summed E-state index contributed by atoms with van der Waals surface area (Å²) in [5.74, 6) is 6.50. The molecule has 0 saturated carbocycles. The van der Waals surface area contributed by atoms with Crippen LogP contribution >= 0.6 is 0 Å². The van der Waals surface area contributed by atoms with E-state index in [-0.39, 0.29) is 5.95 Å². The van der Waals surface area contributed by atoms with Gasteiger partial charge in [-0.2, -0.15) is 15.0 Å². The summed E-state index contributed by atoms with van der Waals surface area (Å²) in [5.41, 5.74) is 1.56. The molecule has 0 aliphatic carbocycles. The highest BCUT2D eigenvalue weighted by atomic mass is 16.3. The van der Waals surface area contributed by atoms with Crippen molar-refractivity contribution in [2.45, 2.75) is 26.4 Å². The number of nitrogen functional groups attached to an aromatic ring is 1. The third-order valence-electron chi connectivity index (χ3n) is 2.72. The summed E-state index contributed by atoms with van der Waals surface area (Å²) >= 11 is 0. The molecule has 2 aromatic rings. The van der Waals surface area contributed by atoms with E-state index in [1.54, 1.807) is 37.1 Å². The van der Waals surface area contributed by atoms with Crippen molar-refractivity contribution < 1.29 is 5.11 Å². The molecule has 2 heterocycles. The van der Waals surface area contributed by atoms with Gasteiger partial charge in [-0.25, -0.2) is 10.8 Å². The minimum atomic E-state index is -0.867. The molecule has 2 rings (SSSR count). The lowest BCUT2D eigenvalue weighted by atomic mass is 10.1. The highest BCUT2D eigenvalue weighted by molar-refractivity contribution is 5.39. The van der Waals surface area contributed by atoms with Crippen LogP contribution in [0, 0.1) is 0 Å². The van der Waals surface area contributed by atoms with Gasteiger partial charge in [-0.1, -0.05) is 0 Å². The van der Waals surface area contributed by atoms with Crippen molar-refractivity contribution in [3.8, 4) is 5.95 Å². The highest BCUT2D eigenvalue weighted by Gasteiger charge is 2.20. The Hall–Kier alpha value is -2.26. The Morgan fingerprint density at radius 1 is 1.38 bits per heavy atom. The summed E-state index contributed by atoms with van der Waals surface area (Å²) in [7, 11) is 0. The quantitative estimate of drug-likeness (QED) is 0.500. The van der Waals surface area contributed by atoms with Crippen LogP contribution in [-0.4, -0.2) is 48.3 Å². The SMILES string of the molecule is CCN(CC(C)(C)O)c1nc(NN)nc(-n2ccnc2)n1. The molecule has 0 aliphatic heterocycles. The van der Waals surface area contributed by atoms with Gasteiger partial charge in [0, 0.05) is 25.5 Å². The van der Waals surface area contributed by atoms with Gasteiger partial charge in [0.2, 0.25) is 17.8 Å². The molecular weight excluding hydrogens is 272 g/mol. The number of nitrogens with two attached hydrogens (primary N) is 1. The standard InChI is InChI=1S/C12H20N8O/c1-4-19(7-12(2,3)21)10-15-9(18-13)16-11(17-10)20-6-5-14-8-20/h5-6,8,21H,4,7,13H2,1-3H3,(H,15,16,17,18). The lowest BCUT2D eigenvalue weighted by molar-refractivity contribution is 0.0872. The first kappa shape index (κ1) is 15.1. The monoisotopic (exact) mass is 292 g/mol. The molecule has 2 aromatic heterocycles. The van der Waals surface area contributed by atoms with Crippen LogP contribution in [0.4, 0.5) is 11.9 Å². The number of nitrogens with zero attached hydrogens (tertiary/aromatic N) is 6. The maximum absolute atomic E-state index is 9.99. The molecule has 0 aliphatic rings. The van der Waals surface area contributed by atoms with E-state index in [1.807, 2.05) is 11.8 Å². The summed E-state index contributed by atoms with van der Waals surface area (Å²) in [6, 6.07) is 0. The van der Waals surface area contributed by atoms with E-state index in [9.17, 15) is 5.11 Å². The average molecular weight is 292 g/mol. The van der Waals surface area contributed by atoms with Crippen molar-refractivity contribution in [1.29, 1.82) is 0 Å². The van der Waals surface area contributed by atoms with Crippen LogP contribution < -0.4 is 16.2 Å². The molecule has 0 bridgehead atoms. The number of aliphatic hydroxyl groups is 1. The van der Waals surface area contributed by atoms with E-state index in [0.29, 0.717) is 25.0 Å². The molecule has 4 N–H and O–H groups in total. The predicted octanol–water partition coefficient (Wildman–Crippen LogP) is -0.0599. The minimum absolute atomic E-state index is 0.248. The van der Waals surface area contributed by atoms with Crippen LogP contribution in [-0.2, 0) is 0 Å². The van der Waals surface area contributed by atoms with Crippen molar-refractivity contribution in [3.05, 3.63) is 18.7 Å². The molecule has 0 saturated heterocycles. The van der Waals surface area contributed by atoms with Gasteiger partial charge in [0.1, 0.15) is 6.33 Å². The number of imidazole rings is 1. The fourth-order valence-corrected chi connectivity index (χ4v) is 1.84. The van der Waals surface area contributed by atoms with Crippen molar-refractivity contribution in [1.82, 2.24) is 24.5 Å². The molecular formula is C12H20N8O. The Morgan fingerprint density at radius 3 is 2.67 bits per heavy atom. The molecule has 0 radical (unpaired) electrons. The van der Waals surface area contributed by atoms with Gasteiger partial charge < -0.3 is 10.0 Å². The zero-order valence-corrected chi connectivity index (χ0v) is 12.4. The van der Waals surface area contributed by atoms with Crippen LogP contribution in [0.15, 0.2) is 18.7 Å². The summed E-state index contributed by atoms with van der Waals surface area (Å²) < 4.78 is 1.66. The van der Waals surface area contributed by atoms with Crippen LogP contribution in [0.25, 0.3) is 5.95 Å². The van der Waals surface area contributed by atoms with Crippen LogP contribution in [0.2, 0.25) is 0 Å². The van der Waals surface area contributed by atoms with Gasteiger partial charge in [-0.3, -0.25) is 9.99 Å². The molecule has 114 valence electrons. The van der Waals surface area contributed by atoms with Crippen molar-refractivity contribution in [3.63, 3.8) is 0 Å². The van der Waals surface area contributed by atoms with Gasteiger partial charge >= 0.3 is 0 Å². The summed E-state index contributed by atoms with van der Waals surface area (Å²) in [6.07, 6.45) is 4.95. The Labute approximate surface area is 122 Å². The molecule has 9 nitrogen and oxygen atoms in total. The summed E-state index contributed by atoms with van der Waals surface area (Å²) in [5, 5.41) is 9.99. The average Bonchev–Trinajstić information content (AvgIpc) is 2.97. The first-order valence-electron chi connectivity index (χ1n) is 6.61. The number of hydrogen-bond donors (Lipinski definition) is 3. The van der Waals surface area contributed by atoms with Crippen molar-refractivity contribution in [2.24, 2.45) is 5.84 Å². The van der Waals surface area contributed by atoms with Gasteiger partial charge in [0.25, 0.3) is 0 Å². The van der Waals surface area contributed by atoms with E-state index in [1.165, 1.54) is 0 Å². The Kier molecular flexibility index (Phi) is 4.34. The Morgan fingerprint density at radius 2 is 2.14 bits per heavy atom. The largest absolute Gasteiger partial charge is 0.389 e. The summed E-state index contributed by atoms with van der Waals surface area (Å²) in [4.78, 5) is 18.6. The molecule has 0 aromatic carbocycles. The summed E-state index contributed by atoms with van der Waals surface area (Å²) in [6.45, 7) is 6.45. The van der Waals surface area contributed by atoms with E-state index in [4.69, 9.17) is 5.84 Å². The third-order valence-corrected chi connectivity index (χ3v) is 2.72. The molecule has 0 spiro atoms. The van der Waals surface area contributed by atoms with E-state index >= 15 is 0 Å². The number of likely N-dealkylation sites (N-methyl/N-ethyl adjacent to an activating group) is 1. The van der Waals surface area contributed by atoms with Gasteiger partial charge in [-0.05, 0) is 20.8 Å². The third kappa shape index (κ3) is 3.86. The highest BCUT2D eigenvalue weighted by Crippen LogP contribution is 2.15. The zero-order valence-electron chi connectivity index (χ0n) is 12.4. The minimum Gasteiger partial charge on any atom is -0.389 e. The number of aromatic nitrogens is 5. The smallest absolute Gasteiger partial charge is 0.243 e. The molecule has 0 atom stereocenters. The predicted molar refractivity (Wildman–Crippen MR) is 78.9 cm³/mol. The van der Waals surface area contributed by atoms with Crippen LogP contribution in [0.1, 0.15) is 20.8 Å². The van der Waals surface area contributed by atoms with Crippen LogP contribution in [0.5, 0.6) is 0 Å². The second kappa shape index (κ2) is 6.02. The molecule has 0 fully saturated rings. The maximum Gasteiger partial charge on any atom is 0.243 e. The lowest BCUT2D eigenvalue weighted by Crippen LogP contribution is -2.39. The number of hydrogen-bond acceptors (Lipinski definition) is 8. The molecule has 21 heavy (non-hydrogen) atoms. The second-order valence-electron chi connectivity index (χ2n) is 5.20. The lowest BCUT2D eigenvalue weighted by Gasteiger charge is -2.28. The van der Waals surface area contributed by atoms with E-state index in [0.717, 1.165) is 0 Å². The molecule has 0 unspecified atom stereocenters. The maximum atomic E-state index is 9.99. The van der Waals surface area contributed by atoms with Crippen LogP contribution in [0.3, 0.4) is 0 Å². The number of rotatable bonds is 6. The van der Waals surface area contributed by atoms with Gasteiger partial charge in [0.15, 0.2) is 0 Å². The first-order chi connectivity index (χ1) is 9.93. The van der Waals surface area contributed by atoms with E-state index < -0.39 is 5.60 Å². The second-order valence-corrected chi connectivity index (χ2v) is 5.20. The zero-order chi connectivity index (χ0) is 15.5. The number of nitrogens with one attached hydrogen (secondary N) is 1. The van der Waals surface area contributed by atoms with E-state index in [2.05, 4.69) is 25.4 Å². The topological polar surface area (TPSA) is 118 Å². The van der Waals surface area contributed by atoms with Crippen molar-refractivity contribution in [2.75, 3.05) is 23.4 Å². The molecule has 0 amide bonds. The fraction of sp³-hybridized carbons (Fsp3) is 0.500. The van der Waals surface area contributed by atoms with Crippen molar-refractivity contribution >= 4 is 11.9 Å².